The molecule has 0 radical (unpaired) electrons. The van der Waals surface area contributed by atoms with E-state index >= 15 is 0 Å². The first-order valence-electron chi connectivity index (χ1n) is 6.58. The second-order valence-electron chi connectivity index (χ2n) is 4.66. The fourth-order valence-electron chi connectivity index (χ4n) is 2.33. The Morgan fingerprint density at radius 1 is 1.33 bits per heavy atom. The van der Waals surface area contributed by atoms with Crippen LogP contribution in [0.2, 0.25) is 0 Å². The van der Waals surface area contributed by atoms with E-state index in [4.69, 9.17) is 4.74 Å². The number of hydrogen-bond donors (Lipinski definition) is 1. The number of halogens is 1. The second kappa shape index (κ2) is 7.12. The minimum absolute atomic E-state index is 0.763. The summed E-state index contributed by atoms with van der Waals surface area (Å²) in [5.41, 5.74) is 1.20. The summed E-state index contributed by atoms with van der Waals surface area (Å²) >= 11 is 3.56. The van der Waals surface area contributed by atoms with Gasteiger partial charge >= 0.3 is 0 Å². The Morgan fingerprint density at radius 2 is 2.11 bits per heavy atom. The highest BCUT2D eigenvalue weighted by Crippen LogP contribution is 2.29. The van der Waals surface area contributed by atoms with Crippen molar-refractivity contribution in [3.63, 3.8) is 0 Å². The molecule has 0 aromatic heterocycles. The molecule has 0 bridgehead atoms. The maximum atomic E-state index is 5.95. The van der Waals surface area contributed by atoms with Crippen LogP contribution in [-0.4, -0.2) is 38.2 Å². The molecule has 2 rings (SSSR count). The Labute approximate surface area is 118 Å². The molecular weight excluding hydrogens is 292 g/mol. The van der Waals surface area contributed by atoms with Gasteiger partial charge in [0.2, 0.25) is 0 Å². The molecule has 1 heterocycles. The Hall–Kier alpha value is -0.580. The highest BCUT2D eigenvalue weighted by molar-refractivity contribution is 9.10. The average Bonchev–Trinajstić information content (AvgIpc) is 2.86. The first kappa shape index (κ1) is 13.8. The maximum Gasteiger partial charge on any atom is 0.138 e. The van der Waals surface area contributed by atoms with Crippen LogP contribution >= 0.6 is 15.9 Å². The second-order valence-corrected chi connectivity index (χ2v) is 5.51. The van der Waals surface area contributed by atoms with Gasteiger partial charge in [0.15, 0.2) is 0 Å². The first-order chi connectivity index (χ1) is 8.81. The van der Waals surface area contributed by atoms with Crippen molar-refractivity contribution < 1.29 is 4.74 Å². The van der Waals surface area contributed by atoms with Gasteiger partial charge in [0.25, 0.3) is 0 Å². The normalized spacial score (nSPS) is 16.1. The number of ether oxygens (including phenoxy) is 1. The molecule has 100 valence electrons. The molecule has 1 aliphatic heterocycles. The standard InChI is InChI=1S/C14H21BrN2O/c1-16-11-12-5-4-6-13(15)14(12)18-10-9-17-7-2-3-8-17/h4-6,16H,2-3,7-11H2,1H3. The number of nitrogens with one attached hydrogen (secondary N) is 1. The number of para-hydroxylation sites is 1. The van der Waals surface area contributed by atoms with E-state index in [0.717, 1.165) is 29.9 Å². The van der Waals surface area contributed by atoms with E-state index in [-0.39, 0.29) is 0 Å². The molecule has 1 N–H and O–H groups in total. The molecule has 0 unspecified atom stereocenters. The lowest BCUT2D eigenvalue weighted by Crippen LogP contribution is -2.25. The predicted molar refractivity (Wildman–Crippen MR) is 78.1 cm³/mol. The van der Waals surface area contributed by atoms with E-state index in [1.54, 1.807) is 0 Å². The summed E-state index contributed by atoms with van der Waals surface area (Å²) in [5.74, 6) is 0.978. The third-order valence-corrected chi connectivity index (χ3v) is 3.89. The molecule has 3 nitrogen and oxygen atoms in total. The Bertz CT molecular complexity index is 378. The van der Waals surface area contributed by atoms with E-state index < -0.39 is 0 Å². The molecule has 1 saturated heterocycles. The third kappa shape index (κ3) is 3.70. The van der Waals surface area contributed by atoms with Crippen LogP contribution in [0.25, 0.3) is 0 Å². The smallest absolute Gasteiger partial charge is 0.138 e. The van der Waals surface area contributed by atoms with Crippen molar-refractivity contribution in [3.05, 3.63) is 28.2 Å². The van der Waals surface area contributed by atoms with Gasteiger partial charge in [-0.1, -0.05) is 12.1 Å². The van der Waals surface area contributed by atoms with Crippen LogP contribution in [0.4, 0.5) is 0 Å². The molecule has 1 fully saturated rings. The van der Waals surface area contributed by atoms with Crippen molar-refractivity contribution >= 4 is 15.9 Å². The first-order valence-corrected chi connectivity index (χ1v) is 7.37. The molecule has 0 atom stereocenters. The van der Waals surface area contributed by atoms with Crippen LogP contribution in [0.15, 0.2) is 22.7 Å². The summed E-state index contributed by atoms with van der Waals surface area (Å²) in [6.45, 7) is 5.07. The van der Waals surface area contributed by atoms with E-state index in [9.17, 15) is 0 Å². The van der Waals surface area contributed by atoms with Crippen molar-refractivity contribution in [3.8, 4) is 5.75 Å². The highest BCUT2D eigenvalue weighted by Gasteiger charge is 2.12. The lowest BCUT2D eigenvalue weighted by Gasteiger charge is -2.17. The zero-order chi connectivity index (χ0) is 12.8. The average molecular weight is 313 g/mol. The zero-order valence-corrected chi connectivity index (χ0v) is 12.5. The van der Waals surface area contributed by atoms with Crippen LogP contribution in [0.5, 0.6) is 5.75 Å². The Kier molecular flexibility index (Phi) is 5.47. The third-order valence-electron chi connectivity index (χ3n) is 3.27. The van der Waals surface area contributed by atoms with Gasteiger partial charge in [0.1, 0.15) is 12.4 Å². The van der Waals surface area contributed by atoms with Gasteiger partial charge in [-0.15, -0.1) is 0 Å². The summed E-state index contributed by atoms with van der Waals surface area (Å²) < 4.78 is 6.99. The summed E-state index contributed by atoms with van der Waals surface area (Å²) in [6, 6.07) is 6.18. The molecule has 0 amide bonds. The Balaban J connectivity index is 1.90. The molecule has 0 spiro atoms. The number of likely N-dealkylation sites (tertiary alicyclic amines) is 1. The minimum atomic E-state index is 0.763. The van der Waals surface area contributed by atoms with E-state index in [2.05, 4.69) is 32.2 Å². The van der Waals surface area contributed by atoms with Crippen LogP contribution in [0.1, 0.15) is 18.4 Å². The molecule has 4 heteroatoms. The van der Waals surface area contributed by atoms with Crippen molar-refractivity contribution in [2.75, 3.05) is 33.3 Å². The van der Waals surface area contributed by atoms with E-state index in [1.165, 1.54) is 31.5 Å². The lowest BCUT2D eigenvalue weighted by atomic mass is 10.2. The number of rotatable bonds is 6. The van der Waals surface area contributed by atoms with Gasteiger partial charge in [-0.05, 0) is 55.0 Å². The summed E-state index contributed by atoms with van der Waals surface area (Å²) in [5, 5.41) is 3.17. The van der Waals surface area contributed by atoms with Gasteiger partial charge in [-0.3, -0.25) is 4.90 Å². The topological polar surface area (TPSA) is 24.5 Å². The number of nitrogens with zero attached hydrogens (tertiary/aromatic N) is 1. The van der Waals surface area contributed by atoms with Gasteiger partial charge in [-0.2, -0.15) is 0 Å². The van der Waals surface area contributed by atoms with Crippen molar-refractivity contribution in [1.82, 2.24) is 10.2 Å². The highest BCUT2D eigenvalue weighted by atomic mass is 79.9. The fourth-order valence-corrected chi connectivity index (χ4v) is 2.85. The van der Waals surface area contributed by atoms with E-state index in [1.807, 2.05) is 19.2 Å². The molecule has 1 aromatic carbocycles. The Morgan fingerprint density at radius 3 is 2.83 bits per heavy atom. The van der Waals surface area contributed by atoms with Gasteiger partial charge < -0.3 is 10.1 Å². The lowest BCUT2D eigenvalue weighted by molar-refractivity contribution is 0.235. The summed E-state index contributed by atoms with van der Waals surface area (Å²) in [7, 11) is 1.95. The maximum absolute atomic E-state index is 5.95. The molecular formula is C14H21BrN2O. The monoisotopic (exact) mass is 312 g/mol. The predicted octanol–water partition coefficient (Wildman–Crippen LogP) is 2.64. The summed E-state index contributed by atoms with van der Waals surface area (Å²) in [4.78, 5) is 2.47. The molecule has 18 heavy (non-hydrogen) atoms. The van der Waals surface area contributed by atoms with Gasteiger partial charge in [0, 0.05) is 18.7 Å². The van der Waals surface area contributed by atoms with Crippen molar-refractivity contribution in [1.29, 1.82) is 0 Å². The van der Waals surface area contributed by atoms with Crippen LogP contribution in [0, 0.1) is 0 Å². The van der Waals surface area contributed by atoms with Crippen molar-refractivity contribution in [2.24, 2.45) is 0 Å². The zero-order valence-electron chi connectivity index (χ0n) is 10.9. The fraction of sp³-hybridized carbons (Fsp3) is 0.571. The SMILES string of the molecule is CNCc1cccc(Br)c1OCCN1CCCC1. The van der Waals surface area contributed by atoms with Gasteiger partial charge in [-0.25, -0.2) is 0 Å². The largest absolute Gasteiger partial charge is 0.491 e. The number of benzene rings is 1. The molecule has 0 aliphatic carbocycles. The van der Waals surface area contributed by atoms with Gasteiger partial charge in [0.05, 0.1) is 4.47 Å². The van der Waals surface area contributed by atoms with Crippen LogP contribution < -0.4 is 10.1 Å². The molecule has 1 aromatic rings. The van der Waals surface area contributed by atoms with Crippen molar-refractivity contribution in [2.45, 2.75) is 19.4 Å². The van der Waals surface area contributed by atoms with Crippen LogP contribution in [-0.2, 0) is 6.54 Å². The minimum Gasteiger partial charge on any atom is -0.491 e. The molecule has 0 saturated carbocycles. The number of hydrogen-bond acceptors (Lipinski definition) is 3. The van der Waals surface area contributed by atoms with E-state index in [0.29, 0.717) is 0 Å². The molecule has 1 aliphatic rings. The summed E-state index contributed by atoms with van der Waals surface area (Å²) in [6.07, 6.45) is 2.67. The quantitative estimate of drug-likeness (QED) is 0.874. The van der Waals surface area contributed by atoms with Crippen LogP contribution in [0.3, 0.4) is 0 Å².